The summed E-state index contributed by atoms with van der Waals surface area (Å²) >= 11 is 0. The van der Waals surface area contributed by atoms with Gasteiger partial charge in [0, 0.05) is 33.9 Å². The maximum atomic E-state index is 12.4. The molecule has 0 heterocycles. The zero-order valence-electron chi connectivity index (χ0n) is 17.2. The van der Waals surface area contributed by atoms with Crippen LogP contribution < -0.4 is 21.3 Å². The molecule has 0 saturated carbocycles. The first-order chi connectivity index (χ1) is 15.9. The van der Waals surface area contributed by atoms with Crippen molar-refractivity contribution in [3.63, 3.8) is 0 Å². The lowest BCUT2D eigenvalue weighted by Crippen LogP contribution is -2.21. The van der Waals surface area contributed by atoms with Crippen molar-refractivity contribution in [1.82, 2.24) is 0 Å². The molecule has 0 bridgehead atoms. The van der Waals surface area contributed by atoms with E-state index in [0.29, 0.717) is 22.5 Å². The molecule has 0 aromatic heterocycles. The van der Waals surface area contributed by atoms with Crippen molar-refractivity contribution in [2.45, 2.75) is 0 Å². The van der Waals surface area contributed by atoms with Gasteiger partial charge in [-0.05, 0) is 54.6 Å². The first kappa shape index (κ1) is 22.5. The number of carboxylic acids is 1. The van der Waals surface area contributed by atoms with Crippen LogP contribution in [-0.2, 0) is 0 Å². The van der Waals surface area contributed by atoms with Gasteiger partial charge in [0.2, 0.25) is 0 Å². The molecule has 8 nitrogen and oxygen atoms in total. The lowest BCUT2D eigenvalue weighted by Gasteiger charge is -2.12. The molecule has 3 aromatic carbocycles. The molecule has 0 radical (unpaired) electrons. The number of anilines is 4. The fourth-order valence-corrected chi connectivity index (χ4v) is 2.86. The number of benzene rings is 3. The number of urea groups is 2. The van der Waals surface area contributed by atoms with E-state index in [-0.39, 0.29) is 16.9 Å². The van der Waals surface area contributed by atoms with E-state index < -0.39 is 18.0 Å². The molecule has 0 atom stereocenters. The summed E-state index contributed by atoms with van der Waals surface area (Å²) in [6.07, 6.45) is 10.7. The van der Waals surface area contributed by atoms with Crippen molar-refractivity contribution in [2.75, 3.05) is 21.3 Å². The van der Waals surface area contributed by atoms with Crippen LogP contribution in [0.4, 0.5) is 32.3 Å². The van der Waals surface area contributed by atoms with Crippen LogP contribution in [0.1, 0.15) is 21.5 Å². The second-order valence-corrected chi connectivity index (χ2v) is 6.71. The number of carbonyl (C=O) groups is 3. The smallest absolute Gasteiger partial charge is 0.335 e. The third-order valence-corrected chi connectivity index (χ3v) is 4.27. The molecule has 0 fully saturated rings. The minimum Gasteiger partial charge on any atom is -0.478 e. The van der Waals surface area contributed by atoms with Crippen LogP contribution in [0.15, 0.2) is 66.7 Å². The molecule has 0 aliphatic rings. The van der Waals surface area contributed by atoms with Crippen LogP contribution in [0, 0.1) is 24.7 Å². The van der Waals surface area contributed by atoms with E-state index >= 15 is 0 Å². The first-order valence-electron chi connectivity index (χ1n) is 9.54. The van der Waals surface area contributed by atoms with Gasteiger partial charge in [-0.2, -0.15) is 0 Å². The van der Waals surface area contributed by atoms with Crippen molar-refractivity contribution in [3.05, 3.63) is 83.4 Å². The Morgan fingerprint density at radius 1 is 0.636 bits per heavy atom. The highest BCUT2D eigenvalue weighted by molar-refractivity contribution is 6.04. The third-order valence-electron chi connectivity index (χ3n) is 4.27. The molecular formula is C25H18N4O4. The Morgan fingerprint density at radius 3 is 1.45 bits per heavy atom. The Hall–Kier alpha value is -5.21. The van der Waals surface area contributed by atoms with Crippen molar-refractivity contribution < 1.29 is 19.5 Å². The normalized spacial score (nSPS) is 9.64. The quantitative estimate of drug-likeness (QED) is 0.373. The van der Waals surface area contributed by atoms with Gasteiger partial charge in [-0.3, -0.25) is 0 Å². The summed E-state index contributed by atoms with van der Waals surface area (Å²) in [5.74, 6) is 3.70. The molecule has 8 heteroatoms. The van der Waals surface area contributed by atoms with Gasteiger partial charge in [-0.25, -0.2) is 14.4 Å². The molecule has 0 aliphatic heterocycles. The fourth-order valence-electron chi connectivity index (χ4n) is 2.86. The van der Waals surface area contributed by atoms with Crippen LogP contribution >= 0.6 is 0 Å². The Morgan fingerprint density at radius 2 is 1.06 bits per heavy atom. The van der Waals surface area contributed by atoms with E-state index in [1.165, 1.54) is 18.2 Å². The third kappa shape index (κ3) is 6.38. The SMILES string of the molecule is C#Cc1cccc(NC(=O)Nc2cc(NC(=O)Nc3cccc(C#C)c3)cc(C(=O)O)c2)c1. The standard InChI is InChI=1S/C25H18N4O4/c1-3-16-7-5-9-19(11-16)26-24(32)28-21-13-18(23(30)31)14-22(15-21)29-25(33)27-20-10-6-8-17(4-2)12-20/h1-2,5-15H,(H,30,31)(H2,26,28,32)(H2,27,29,33). The summed E-state index contributed by atoms with van der Waals surface area (Å²) in [5.41, 5.74) is 2.28. The number of aromatic carboxylic acids is 1. The van der Waals surface area contributed by atoms with Crippen LogP contribution in [0.5, 0.6) is 0 Å². The molecule has 4 amide bonds. The summed E-state index contributed by atoms with van der Waals surface area (Å²) in [7, 11) is 0. The zero-order chi connectivity index (χ0) is 23.8. The number of amides is 4. The minimum atomic E-state index is -1.23. The van der Waals surface area contributed by atoms with Gasteiger partial charge in [-0.1, -0.05) is 24.0 Å². The molecule has 0 aliphatic carbocycles. The number of hydrogen-bond acceptors (Lipinski definition) is 3. The topological polar surface area (TPSA) is 120 Å². The highest BCUT2D eigenvalue weighted by Crippen LogP contribution is 2.21. The summed E-state index contributed by atoms with van der Waals surface area (Å²) < 4.78 is 0. The van der Waals surface area contributed by atoms with E-state index in [0.717, 1.165) is 0 Å². The average molecular weight is 438 g/mol. The van der Waals surface area contributed by atoms with E-state index in [9.17, 15) is 19.5 Å². The summed E-state index contributed by atoms with van der Waals surface area (Å²) in [5, 5.41) is 19.7. The highest BCUT2D eigenvalue weighted by atomic mass is 16.4. The zero-order valence-corrected chi connectivity index (χ0v) is 17.2. The van der Waals surface area contributed by atoms with E-state index in [2.05, 4.69) is 33.1 Å². The number of carbonyl (C=O) groups excluding carboxylic acids is 2. The largest absolute Gasteiger partial charge is 0.478 e. The molecule has 0 saturated heterocycles. The van der Waals surface area contributed by atoms with Gasteiger partial charge >= 0.3 is 18.0 Å². The second kappa shape index (κ2) is 10.2. The maximum absolute atomic E-state index is 12.4. The van der Waals surface area contributed by atoms with Gasteiger partial charge in [0.15, 0.2) is 0 Å². The second-order valence-electron chi connectivity index (χ2n) is 6.71. The molecule has 3 aromatic rings. The van der Waals surface area contributed by atoms with Gasteiger partial charge in [0.05, 0.1) is 5.56 Å². The number of hydrogen-bond donors (Lipinski definition) is 5. The number of rotatable bonds is 5. The molecule has 3 rings (SSSR count). The van der Waals surface area contributed by atoms with Gasteiger partial charge in [0.25, 0.3) is 0 Å². The molecular weight excluding hydrogens is 420 g/mol. The van der Waals surface area contributed by atoms with Crippen molar-refractivity contribution in [3.8, 4) is 24.7 Å². The molecule has 162 valence electrons. The van der Waals surface area contributed by atoms with Crippen molar-refractivity contribution in [1.29, 1.82) is 0 Å². The van der Waals surface area contributed by atoms with Crippen LogP contribution in [0.25, 0.3) is 0 Å². The lowest BCUT2D eigenvalue weighted by molar-refractivity contribution is 0.0697. The predicted octanol–water partition coefficient (Wildman–Crippen LogP) is 4.64. The van der Waals surface area contributed by atoms with Crippen LogP contribution in [-0.4, -0.2) is 23.1 Å². The van der Waals surface area contributed by atoms with Gasteiger partial charge in [-0.15, -0.1) is 12.8 Å². The average Bonchev–Trinajstić information content (AvgIpc) is 2.78. The number of carboxylic acid groups (broad SMARTS) is 1. The Balaban J connectivity index is 1.74. The lowest BCUT2D eigenvalue weighted by atomic mass is 10.1. The van der Waals surface area contributed by atoms with Crippen LogP contribution in [0.3, 0.4) is 0 Å². The van der Waals surface area contributed by atoms with Crippen molar-refractivity contribution in [2.24, 2.45) is 0 Å². The molecule has 0 spiro atoms. The highest BCUT2D eigenvalue weighted by Gasteiger charge is 2.12. The summed E-state index contributed by atoms with van der Waals surface area (Å²) in [6, 6.07) is 16.0. The van der Waals surface area contributed by atoms with E-state index in [4.69, 9.17) is 12.8 Å². The Bertz CT molecular complexity index is 1230. The number of nitrogens with one attached hydrogen (secondary N) is 4. The predicted molar refractivity (Wildman–Crippen MR) is 127 cm³/mol. The van der Waals surface area contributed by atoms with E-state index in [1.807, 2.05) is 0 Å². The van der Waals surface area contributed by atoms with E-state index in [1.54, 1.807) is 48.5 Å². The van der Waals surface area contributed by atoms with Crippen LogP contribution in [0.2, 0.25) is 0 Å². The first-order valence-corrected chi connectivity index (χ1v) is 9.54. The molecule has 33 heavy (non-hydrogen) atoms. The van der Waals surface area contributed by atoms with Gasteiger partial charge in [0.1, 0.15) is 0 Å². The maximum Gasteiger partial charge on any atom is 0.335 e. The molecule has 5 N–H and O–H groups in total. The monoisotopic (exact) mass is 438 g/mol. The fraction of sp³-hybridized carbons (Fsp3) is 0. The Labute approximate surface area is 190 Å². The Kier molecular flexibility index (Phi) is 6.95. The van der Waals surface area contributed by atoms with Gasteiger partial charge < -0.3 is 26.4 Å². The minimum absolute atomic E-state index is 0.133. The summed E-state index contributed by atoms with van der Waals surface area (Å²) in [6.45, 7) is 0. The molecule has 0 unspecified atom stereocenters. The summed E-state index contributed by atoms with van der Waals surface area (Å²) in [4.78, 5) is 36.2. The number of terminal acetylenes is 2. The van der Waals surface area contributed by atoms with Crippen molar-refractivity contribution >= 4 is 40.8 Å².